The average molecular weight is 338 g/mol. The number of nitrogens with one attached hydrogen (secondary N) is 1. The number of hydrogen-bond donors (Lipinski definition) is 1. The van der Waals surface area contributed by atoms with E-state index in [1.807, 2.05) is 12.3 Å². The van der Waals surface area contributed by atoms with Crippen LogP contribution in [-0.4, -0.2) is 26.8 Å². The summed E-state index contributed by atoms with van der Waals surface area (Å²) in [7, 11) is 1.72. The second-order valence-corrected chi connectivity index (χ2v) is 5.70. The fraction of sp³-hybridized carbons (Fsp3) is 0.375. The van der Waals surface area contributed by atoms with Gasteiger partial charge in [-0.25, -0.2) is 0 Å². The van der Waals surface area contributed by atoms with Crippen LogP contribution in [0.2, 0.25) is 0 Å². The van der Waals surface area contributed by atoms with Crippen molar-refractivity contribution in [2.24, 2.45) is 0 Å². The van der Waals surface area contributed by atoms with E-state index in [2.05, 4.69) is 45.5 Å². The molecule has 1 aromatic heterocycles. The van der Waals surface area contributed by atoms with Crippen molar-refractivity contribution in [1.82, 2.24) is 5.32 Å². The van der Waals surface area contributed by atoms with E-state index in [0.29, 0.717) is 5.92 Å². The first-order valence-corrected chi connectivity index (χ1v) is 7.55. The van der Waals surface area contributed by atoms with Crippen LogP contribution in [0.15, 0.2) is 51.7 Å². The third-order valence-electron chi connectivity index (χ3n) is 3.26. The molecular formula is C16H20BrNO2. The molecule has 2 rings (SSSR count). The number of rotatable bonds is 8. The van der Waals surface area contributed by atoms with Crippen LogP contribution in [0.3, 0.4) is 0 Å². The lowest BCUT2D eigenvalue weighted by atomic mass is 9.93. The van der Waals surface area contributed by atoms with E-state index in [1.54, 1.807) is 13.4 Å². The Hall–Kier alpha value is -1.10. The highest BCUT2D eigenvalue weighted by atomic mass is 79.9. The lowest BCUT2D eigenvalue weighted by Gasteiger charge is -2.18. The van der Waals surface area contributed by atoms with E-state index in [9.17, 15) is 0 Å². The van der Waals surface area contributed by atoms with Crippen LogP contribution >= 0.6 is 15.9 Å². The first-order chi connectivity index (χ1) is 9.79. The number of hydrogen-bond acceptors (Lipinski definition) is 3. The van der Waals surface area contributed by atoms with Gasteiger partial charge in [0, 0.05) is 30.6 Å². The minimum absolute atomic E-state index is 0.418. The van der Waals surface area contributed by atoms with Gasteiger partial charge in [0.05, 0.1) is 19.1 Å². The van der Waals surface area contributed by atoms with Gasteiger partial charge >= 0.3 is 0 Å². The predicted molar refractivity (Wildman–Crippen MR) is 84.0 cm³/mol. The summed E-state index contributed by atoms with van der Waals surface area (Å²) < 4.78 is 11.4. The molecule has 3 nitrogen and oxygen atoms in total. The summed E-state index contributed by atoms with van der Waals surface area (Å²) in [5, 5.41) is 3.45. The molecule has 1 heterocycles. The van der Waals surface area contributed by atoms with Crippen molar-refractivity contribution in [3.05, 3.63) is 58.5 Å². The summed E-state index contributed by atoms with van der Waals surface area (Å²) in [4.78, 5) is 0. The topological polar surface area (TPSA) is 34.4 Å². The molecule has 1 N–H and O–H groups in total. The van der Waals surface area contributed by atoms with Crippen molar-refractivity contribution in [3.8, 4) is 0 Å². The zero-order valence-corrected chi connectivity index (χ0v) is 13.2. The molecule has 0 bridgehead atoms. The molecule has 108 valence electrons. The lowest BCUT2D eigenvalue weighted by Crippen LogP contribution is -2.26. The Balaban J connectivity index is 2.03. The molecular weight excluding hydrogens is 318 g/mol. The van der Waals surface area contributed by atoms with Crippen molar-refractivity contribution in [2.45, 2.75) is 12.3 Å². The Morgan fingerprint density at radius 3 is 2.95 bits per heavy atom. The van der Waals surface area contributed by atoms with Gasteiger partial charge in [0.2, 0.25) is 0 Å². The van der Waals surface area contributed by atoms with E-state index < -0.39 is 0 Å². The number of methoxy groups -OCH3 is 1. The van der Waals surface area contributed by atoms with Crippen LogP contribution in [0.5, 0.6) is 0 Å². The third-order valence-corrected chi connectivity index (χ3v) is 3.75. The zero-order chi connectivity index (χ0) is 14.2. The smallest absolute Gasteiger partial charge is 0.0934 e. The van der Waals surface area contributed by atoms with Crippen LogP contribution in [0.25, 0.3) is 0 Å². The quantitative estimate of drug-likeness (QED) is 0.747. The SMILES string of the molecule is COCCNCC(Cc1ccoc1)c1cccc(Br)c1. The van der Waals surface area contributed by atoms with Gasteiger partial charge in [0.15, 0.2) is 0 Å². The third kappa shape index (κ3) is 4.78. The van der Waals surface area contributed by atoms with Crippen molar-refractivity contribution in [1.29, 1.82) is 0 Å². The van der Waals surface area contributed by atoms with Crippen LogP contribution in [0.1, 0.15) is 17.0 Å². The first kappa shape index (κ1) is 15.3. The first-order valence-electron chi connectivity index (χ1n) is 6.76. The van der Waals surface area contributed by atoms with Crippen LogP contribution < -0.4 is 5.32 Å². The van der Waals surface area contributed by atoms with E-state index in [0.717, 1.165) is 30.6 Å². The highest BCUT2D eigenvalue weighted by Gasteiger charge is 2.13. The van der Waals surface area contributed by atoms with Gasteiger partial charge in [-0.2, -0.15) is 0 Å². The fourth-order valence-electron chi connectivity index (χ4n) is 2.21. The van der Waals surface area contributed by atoms with Crippen LogP contribution in [0.4, 0.5) is 0 Å². The molecule has 20 heavy (non-hydrogen) atoms. The highest BCUT2D eigenvalue weighted by molar-refractivity contribution is 9.10. The summed E-state index contributed by atoms with van der Waals surface area (Å²) in [6, 6.07) is 10.5. The van der Waals surface area contributed by atoms with E-state index in [4.69, 9.17) is 9.15 Å². The predicted octanol–water partition coefficient (Wildman–Crippen LogP) is 3.60. The van der Waals surface area contributed by atoms with E-state index >= 15 is 0 Å². The summed E-state index contributed by atoms with van der Waals surface area (Å²) in [6.45, 7) is 2.52. The molecule has 4 heteroatoms. The molecule has 1 aromatic carbocycles. The molecule has 0 aliphatic carbocycles. The summed E-state index contributed by atoms with van der Waals surface area (Å²) in [6.07, 6.45) is 4.51. The molecule has 0 saturated carbocycles. The fourth-order valence-corrected chi connectivity index (χ4v) is 2.63. The standard InChI is InChI=1S/C16H20BrNO2/c1-19-8-6-18-11-15(9-13-5-7-20-12-13)14-3-2-4-16(17)10-14/h2-5,7,10,12,15,18H,6,8-9,11H2,1H3. The Morgan fingerprint density at radius 2 is 2.25 bits per heavy atom. The van der Waals surface area contributed by atoms with E-state index in [1.165, 1.54) is 11.1 Å². The molecule has 1 unspecified atom stereocenters. The minimum atomic E-state index is 0.418. The van der Waals surface area contributed by atoms with Crippen molar-refractivity contribution < 1.29 is 9.15 Å². The molecule has 2 aromatic rings. The molecule has 0 spiro atoms. The van der Waals surface area contributed by atoms with Crippen LogP contribution in [0, 0.1) is 0 Å². The van der Waals surface area contributed by atoms with Crippen molar-refractivity contribution >= 4 is 15.9 Å². The number of furan rings is 1. The largest absolute Gasteiger partial charge is 0.472 e. The molecule has 0 radical (unpaired) electrons. The Bertz CT molecular complexity index is 499. The highest BCUT2D eigenvalue weighted by Crippen LogP contribution is 2.23. The molecule has 1 atom stereocenters. The average Bonchev–Trinajstić information content (AvgIpc) is 2.95. The molecule has 0 amide bonds. The summed E-state index contributed by atoms with van der Waals surface area (Å²) in [5.41, 5.74) is 2.55. The van der Waals surface area contributed by atoms with Crippen molar-refractivity contribution in [3.63, 3.8) is 0 Å². The summed E-state index contributed by atoms with van der Waals surface area (Å²) >= 11 is 3.54. The normalized spacial score (nSPS) is 12.5. The second kappa shape index (κ2) is 8.25. The van der Waals surface area contributed by atoms with Gasteiger partial charge in [-0.15, -0.1) is 0 Å². The monoisotopic (exact) mass is 337 g/mol. The number of halogens is 1. The Morgan fingerprint density at radius 1 is 1.35 bits per heavy atom. The van der Waals surface area contributed by atoms with Crippen LogP contribution in [-0.2, 0) is 11.2 Å². The number of ether oxygens (including phenoxy) is 1. The molecule has 0 fully saturated rings. The Kier molecular flexibility index (Phi) is 6.30. The maximum absolute atomic E-state index is 5.17. The van der Waals surface area contributed by atoms with Gasteiger partial charge in [-0.1, -0.05) is 28.1 Å². The minimum Gasteiger partial charge on any atom is -0.472 e. The zero-order valence-electron chi connectivity index (χ0n) is 11.6. The second-order valence-electron chi connectivity index (χ2n) is 4.78. The molecule has 0 aliphatic heterocycles. The van der Waals surface area contributed by atoms with E-state index in [-0.39, 0.29) is 0 Å². The van der Waals surface area contributed by atoms with Gasteiger partial charge < -0.3 is 14.5 Å². The maximum atomic E-state index is 5.17. The lowest BCUT2D eigenvalue weighted by molar-refractivity contribution is 0.199. The van der Waals surface area contributed by atoms with Gasteiger partial charge in [-0.05, 0) is 35.7 Å². The van der Waals surface area contributed by atoms with Gasteiger partial charge in [0.1, 0.15) is 0 Å². The molecule has 0 aliphatic rings. The van der Waals surface area contributed by atoms with Crippen molar-refractivity contribution in [2.75, 3.05) is 26.8 Å². The number of benzene rings is 1. The Labute approximate surface area is 128 Å². The van der Waals surface area contributed by atoms with Gasteiger partial charge in [-0.3, -0.25) is 0 Å². The summed E-state index contributed by atoms with van der Waals surface area (Å²) in [5.74, 6) is 0.418. The molecule has 0 saturated heterocycles. The van der Waals surface area contributed by atoms with Gasteiger partial charge in [0.25, 0.3) is 0 Å². The maximum Gasteiger partial charge on any atom is 0.0934 e.